The Kier molecular flexibility index (Phi) is 7.23. The summed E-state index contributed by atoms with van der Waals surface area (Å²) in [5, 5.41) is 12.3. The molecule has 1 aromatic carbocycles. The number of carbonyl (C=O) groups excluding carboxylic acids is 1. The summed E-state index contributed by atoms with van der Waals surface area (Å²) in [5.41, 5.74) is 1.12. The molecule has 0 saturated carbocycles. The lowest BCUT2D eigenvalue weighted by Gasteiger charge is -2.17. The van der Waals surface area contributed by atoms with E-state index in [0.717, 1.165) is 11.3 Å². The standard InChI is InChI=1S/C17H27NO3/c1-12(9-14(3)19)11-18-17(20)13(2)10-15-5-7-16(21-4)8-6-15/h5-8,12-14,19H,9-11H2,1-4H3,(H,18,20). The minimum atomic E-state index is -0.325. The highest BCUT2D eigenvalue weighted by atomic mass is 16.5. The first-order valence-corrected chi connectivity index (χ1v) is 7.51. The monoisotopic (exact) mass is 293 g/mol. The van der Waals surface area contributed by atoms with E-state index in [0.29, 0.717) is 19.4 Å². The first-order chi connectivity index (χ1) is 9.92. The molecular formula is C17H27NO3. The molecule has 1 amide bonds. The van der Waals surface area contributed by atoms with Gasteiger partial charge in [-0.05, 0) is 43.4 Å². The van der Waals surface area contributed by atoms with Gasteiger partial charge in [0.2, 0.25) is 5.91 Å². The van der Waals surface area contributed by atoms with Crippen LogP contribution < -0.4 is 10.1 Å². The van der Waals surface area contributed by atoms with Gasteiger partial charge in [-0.25, -0.2) is 0 Å². The molecule has 4 nitrogen and oxygen atoms in total. The maximum atomic E-state index is 12.1. The Morgan fingerprint density at radius 3 is 2.38 bits per heavy atom. The number of benzene rings is 1. The molecule has 0 bridgehead atoms. The van der Waals surface area contributed by atoms with Crippen molar-refractivity contribution in [2.45, 2.75) is 39.7 Å². The summed E-state index contributed by atoms with van der Waals surface area (Å²) in [6.45, 7) is 6.33. The molecule has 0 radical (unpaired) electrons. The molecule has 0 spiro atoms. The van der Waals surface area contributed by atoms with Crippen molar-refractivity contribution >= 4 is 5.91 Å². The molecular weight excluding hydrogens is 266 g/mol. The molecule has 4 heteroatoms. The highest BCUT2D eigenvalue weighted by molar-refractivity contribution is 5.78. The summed E-state index contributed by atoms with van der Waals surface area (Å²) in [4.78, 5) is 12.1. The zero-order chi connectivity index (χ0) is 15.8. The normalized spacial score (nSPS) is 15.1. The number of rotatable bonds is 8. The second kappa shape index (κ2) is 8.67. The number of amides is 1. The molecule has 1 aromatic rings. The number of methoxy groups -OCH3 is 1. The van der Waals surface area contributed by atoms with Crippen molar-refractivity contribution in [3.8, 4) is 5.75 Å². The maximum Gasteiger partial charge on any atom is 0.223 e. The van der Waals surface area contributed by atoms with Gasteiger partial charge in [0.1, 0.15) is 5.75 Å². The van der Waals surface area contributed by atoms with Gasteiger partial charge >= 0.3 is 0 Å². The van der Waals surface area contributed by atoms with Crippen molar-refractivity contribution in [2.75, 3.05) is 13.7 Å². The van der Waals surface area contributed by atoms with Gasteiger partial charge in [0.05, 0.1) is 13.2 Å². The number of carbonyl (C=O) groups is 1. The van der Waals surface area contributed by atoms with Crippen molar-refractivity contribution in [1.82, 2.24) is 5.32 Å². The zero-order valence-corrected chi connectivity index (χ0v) is 13.4. The molecule has 0 aliphatic rings. The summed E-state index contributed by atoms with van der Waals surface area (Å²) < 4.78 is 5.12. The molecule has 0 aromatic heterocycles. The summed E-state index contributed by atoms with van der Waals surface area (Å²) in [6.07, 6.45) is 1.09. The third-order valence-corrected chi connectivity index (χ3v) is 3.52. The van der Waals surface area contributed by atoms with Crippen LogP contribution in [0.1, 0.15) is 32.8 Å². The van der Waals surface area contributed by atoms with Gasteiger partial charge in [0, 0.05) is 12.5 Å². The number of ether oxygens (including phenoxy) is 1. The van der Waals surface area contributed by atoms with Crippen LogP contribution in [0.3, 0.4) is 0 Å². The molecule has 0 aliphatic carbocycles. The van der Waals surface area contributed by atoms with Crippen molar-refractivity contribution in [3.63, 3.8) is 0 Å². The lowest BCUT2D eigenvalue weighted by Crippen LogP contribution is -2.34. The highest BCUT2D eigenvalue weighted by Crippen LogP contribution is 2.15. The third-order valence-electron chi connectivity index (χ3n) is 3.52. The number of aliphatic hydroxyl groups excluding tert-OH is 1. The third kappa shape index (κ3) is 6.63. The Labute approximate surface area is 127 Å². The number of hydrogen-bond donors (Lipinski definition) is 2. The van der Waals surface area contributed by atoms with Crippen molar-refractivity contribution in [2.24, 2.45) is 11.8 Å². The molecule has 0 fully saturated rings. The molecule has 3 unspecified atom stereocenters. The van der Waals surface area contributed by atoms with Gasteiger partial charge in [-0.15, -0.1) is 0 Å². The summed E-state index contributed by atoms with van der Waals surface area (Å²) in [5.74, 6) is 1.09. The Hall–Kier alpha value is -1.55. The van der Waals surface area contributed by atoms with Crippen LogP contribution in [0, 0.1) is 11.8 Å². The molecule has 21 heavy (non-hydrogen) atoms. The van der Waals surface area contributed by atoms with Gasteiger partial charge in [-0.1, -0.05) is 26.0 Å². The molecule has 1 rings (SSSR count). The van der Waals surface area contributed by atoms with Crippen LogP contribution >= 0.6 is 0 Å². The fourth-order valence-electron chi connectivity index (χ4n) is 2.32. The largest absolute Gasteiger partial charge is 0.497 e. The van der Waals surface area contributed by atoms with E-state index in [1.54, 1.807) is 14.0 Å². The van der Waals surface area contributed by atoms with E-state index in [4.69, 9.17) is 4.74 Å². The van der Waals surface area contributed by atoms with Crippen molar-refractivity contribution in [1.29, 1.82) is 0 Å². The topological polar surface area (TPSA) is 58.6 Å². The van der Waals surface area contributed by atoms with Crippen LogP contribution in [0.5, 0.6) is 5.75 Å². The molecule has 0 aliphatic heterocycles. The molecule has 118 valence electrons. The Balaban J connectivity index is 2.39. The van der Waals surface area contributed by atoms with Crippen LogP contribution in [0.15, 0.2) is 24.3 Å². The van der Waals surface area contributed by atoms with Crippen LogP contribution in [0.4, 0.5) is 0 Å². The van der Waals surface area contributed by atoms with Crippen LogP contribution in [0.2, 0.25) is 0 Å². The van der Waals surface area contributed by atoms with E-state index < -0.39 is 0 Å². The Bertz CT molecular complexity index is 428. The Morgan fingerprint density at radius 2 is 1.86 bits per heavy atom. The average Bonchev–Trinajstić information content (AvgIpc) is 2.44. The fourth-order valence-corrected chi connectivity index (χ4v) is 2.32. The second-order valence-corrected chi connectivity index (χ2v) is 5.89. The van der Waals surface area contributed by atoms with Gasteiger partial charge in [-0.3, -0.25) is 4.79 Å². The first kappa shape index (κ1) is 17.5. The highest BCUT2D eigenvalue weighted by Gasteiger charge is 2.15. The first-order valence-electron chi connectivity index (χ1n) is 7.51. The number of hydrogen-bond acceptors (Lipinski definition) is 3. The van der Waals surface area contributed by atoms with Crippen LogP contribution in [0.25, 0.3) is 0 Å². The predicted octanol–water partition coefficient (Wildman–Crippen LogP) is 2.40. The van der Waals surface area contributed by atoms with E-state index in [9.17, 15) is 9.90 Å². The lowest BCUT2D eigenvalue weighted by molar-refractivity contribution is -0.124. The SMILES string of the molecule is COc1ccc(CC(C)C(=O)NCC(C)CC(C)O)cc1. The molecule has 0 heterocycles. The Morgan fingerprint density at radius 1 is 1.24 bits per heavy atom. The number of nitrogens with one attached hydrogen (secondary N) is 1. The maximum absolute atomic E-state index is 12.1. The van der Waals surface area contributed by atoms with Crippen molar-refractivity contribution in [3.05, 3.63) is 29.8 Å². The van der Waals surface area contributed by atoms with E-state index in [1.807, 2.05) is 38.1 Å². The smallest absolute Gasteiger partial charge is 0.223 e. The van der Waals surface area contributed by atoms with Gasteiger partial charge < -0.3 is 15.2 Å². The second-order valence-electron chi connectivity index (χ2n) is 5.89. The van der Waals surface area contributed by atoms with Gasteiger partial charge in [0.15, 0.2) is 0 Å². The van der Waals surface area contributed by atoms with E-state index >= 15 is 0 Å². The molecule has 3 atom stereocenters. The predicted molar refractivity (Wildman–Crippen MR) is 84.3 cm³/mol. The van der Waals surface area contributed by atoms with E-state index in [1.165, 1.54) is 0 Å². The quantitative estimate of drug-likeness (QED) is 0.774. The van der Waals surface area contributed by atoms with Gasteiger partial charge in [-0.2, -0.15) is 0 Å². The lowest BCUT2D eigenvalue weighted by atomic mass is 9.99. The van der Waals surface area contributed by atoms with Crippen LogP contribution in [-0.2, 0) is 11.2 Å². The average molecular weight is 293 g/mol. The van der Waals surface area contributed by atoms with E-state index in [-0.39, 0.29) is 23.8 Å². The minimum absolute atomic E-state index is 0.0586. The van der Waals surface area contributed by atoms with Crippen LogP contribution in [-0.4, -0.2) is 30.8 Å². The summed E-state index contributed by atoms with van der Waals surface area (Å²) in [7, 11) is 1.64. The zero-order valence-electron chi connectivity index (χ0n) is 13.4. The number of aliphatic hydroxyl groups is 1. The summed E-state index contributed by atoms with van der Waals surface area (Å²) in [6, 6.07) is 7.78. The summed E-state index contributed by atoms with van der Waals surface area (Å²) >= 11 is 0. The van der Waals surface area contributed by atoms with Gasteiger partial charge in [0.25, 0.3) is 0 Å². The molecule has 0 saturated heterocycles. The fraction of sp³-hybridized carbons (Fsp3) is 0.588. The van der Waals surface area contributed by atoms with E-state index in [2.05, 4.69) is 5.32 Å². The van der Waals surface area contributed by atoms with Crippen molar-refractivity contribution < 1.29 is 14.6 Å². The minimum Gasteiger partial charge on any atom is -0.497 e. The molecule has 2 N–H and O–H groups in total.